The summed E-state index contributed by atoms with van der Waals surface area (Å²) in [6.45, 7) is 4.43. The minimum absolute atomic E-state index is 0.317. The maximum absolute atomic E-state index is 10.4. The Kier molecular flexibility index (Phi) is 6.59. The molecule has 1 aromatic heterocycles. The van der Waals surface area contributed by atoms with E-state index in [1.807, 2.05) is 48.5 Å². The molecule has 0 radical (unpaired) electrons. The molecule has 2 aromatic carbocycles. The molecule has 1 aliphatic rings. The first kappa shape index (κ1) is 19.4. The number of aliphatic hydroxyl groups excluding tert-OH is 1. The number of rotatable bonds is 7. The van der Waals surface area contributed by atoms with Gasteiger partial charge in [0.15, 0.2) is 5.82 Å². The number of anilines is 1. The highest BCUT2D eigenvalue weighted by molar-refractivity contribution is 7.99. The fraction of sp³-hybridized carbons (Fsp3) is 0.333. The van der Waals surface area contributed by atoms with Crippen LogP contribution in [-0.4, -0.2) is 63.9 Å². The smallest absolute Gasteiger partial charge is 0.205 e. The van der Waals surface area contributed by atoms with Crippen LogP contribution in [0.2, 0.25) is 0 Å². The van der Waals surface area contributed by atoms with Gasteiger partial charge in [-0.3, -0.25) is 4.90 Å². The second kappa shape index (κ2) is 9.52. The molecule has 1 saturated heterocycles. The van der Waals surface area contributed by atoms with Crippen molar-refractivity contribution in [3.8, 4) is 11.4 Å². The minimum atomic E-state index is -0.317. The van der Waals surface area contributed by atoms with E-state index in [4.69, 9.17) is 4.98 Å². The Labute approximate surface area is 174 Å². The van der Waals surface area contributed by atoms with Gasteiger partial charge in [0, 0.05) is 60.5 Å². The zero-order valence-corrected chi connectivity index (χ0v) is 17.3. The van der Waals surface area contributed by atoms with Crippen LogP contribution in [0.4, 0.5) is 5.13 Å². The van der Waals surface area contributed by atoms with Gasteiger partial charge in [0.1, 0.15) is 0 Å². The molecule has 0 bridgehead atoms. The van der Waals surface area contributed by atoms with Crippen LogP contribution in [0.3, 0.4) is 0 Å². The number of nitrogens with zero attached hydrogens (tertiary/aromatic N) is 4. The van der Waals surface area contributed by atoms with Gasteiger partial charge in [-0.1, -0.05) is 48.5 Å². The third-order valence-corrected chi connectivity index (χ3v) is 6.68. The topological polar surface area (TPSA) is 52.5 Å². The summed E-state index contributed by atoms with van der Waals surface area (Å²) >= 11 is 3.18. The van der Waals surface area contributed by atoms with Crippen molar-refractivity contribution in [1.82, 2.24) is 14.3 Å². The normalized spacial score (nSPS) is 16.2. The number of hydrogen-bond acceptors (Lipinski definition) is 7. The molecule has 5 nitrogen and oxygen atoms in total. The van der Waals surface area contributed by atoms with E-state index in [0.717, 1.165) is 55.0 Å². The number of benzene rings is 2. The Morgan fingerprint density at radius 2 is 1.64 bits per heavy atom. The van der Waals surface area contributed by atoms with Gasteiger partial charge in [-0.25, -0.2) is 0 Å². The minimum Gasteiger partial charge on any atom is -0.391 e. The molecule has 0 saturated carbocycles. The van der Waals surface area contributed by atoms with Crippen LogP contribution in [0, 0.1) is 0 Å². The molecule has 28 heavy (non-hydrogen) atoms. The molecule has 0 aliphatic carbocycles. The molecule has 0 amide bonds. The molecule has 0 spiro atoms. The summed E-state index contributed by atoms with van der Waals surface area (Å²) in [4.78, 5) is 10.6. The van der Waals surface area contributed by atoms with Gasteiger partial charge < -0.3 is 10.0 Å². The first-order valence-electron chi connectivity index (χ1n) is 9.50. The Bertz CT molecular complexity index is 851. The number of aliphatic hydroxyl groups is 1. The summed E-state index contributed by atoms with van der Waals surface area (Å²) in [6, 6.07) is 20.4. The summed E-state index contributed by atoms with van der Waals surface area (Å²) < 4.78 is 4.51. The number of β-amino-alcohol motifs (C(OH)–C–C–N with tert-alkyl or cyclic N) is 1. The molecule has 2 heterocycles. The van der Waals surface area contributed by atoms with Crippen LogP contribution in [0.5, 0.6) is 0 Å². The predicted molar refractivity (Wildman–Crippen MR) is 117 cm³/mol. The standard InChI is InChI=1S/C21H24N4OS2/c26-18(16-27-19-9-5-2-6-10-19)15-24-11-13-25(14-12-24)21-22-20(23-28-21)17-7-3-1-4-8-17/h1-10,18,26H,11-16H2. The highest BCUT2D eigenvalue weighted by atomic mass is 32.2. The average molecular weight is 413 g/mol. The van der Waals surface area contributed by atoms with Crippen LogP contribution >= 0.6 is 23.3 Å². The van der Waals surface area contributed by atoms with Crippen LogP contribution in [0.1, 0.15) is 0 Å². The molecule has 146 valence electrons. The highest BCUT2D eigenvalue weighted by Gasteiger charge is 2.22. The Morgan fingerprint density at radius 3 is 2.36 bits per heavy atom. The molecular weight excluding hydrogens is 388 g/mol. The molecule has 3 aromatic rings. The van der Waals surface area contributed by atoms with Crippen molar-refractivity contribution in [2.75, 3.05) is 43.4 Å². The van der Waals surface area contributed by atoms with Crippen LogP contribution < -0.4 is 4.90 Å². The molecule has 1 atom stereocenters. The summed E-state index contributed by atoms with van der Waals surface area (Å²) in [6.07, 6.45) is -0.317. The van der Waals surface area contributed by atoms with E-state index in [0.29, 0.717) is 0 Å². The summed E-state index contributed by atoms with van der Waals surface area (Å²) in [5.41, 5.74) is 1.06. The molecule has 4 rings (SSSR count). The van der Waals surface area contributed by atoms with Gasteiger partial charge in [0.05, 0.1) is 6.10 Å². The molecular formula is C21H24N4OS2. The third-order valence-electron chi connectivity index (χ3n) is 4.74. The number of piperazine rings is 1. The van der Waals surface area contributed by atoms with Crippen LogP contribution in [-0.2, 0) is 0 Å². The summed E-state index contributed by atoms with van der Waals surface area (Å²) in [5.74, 6) is 1.53. The Hall–Kier alpha value is -1.93. The molecule has 1 aliphatic heterocycles. The van der Waals surface area contributed by atoms with Gasteiger partial charge in [0.25, 0.3) is 0 Å². The monoisotopic (exact) mass is 412 g/mol. The number of thioether (sulfide) groups is 1. The van der Waals surface area contributed by atoms with E-state index in [-0.39, 0.29) is 6.10 Å². The lowest BCUT2D eigenvalue weighted by Gasteiger charge is -2.35. The van der Waals surface area contributed by atoms with Crippen molar-refractivity contribution >= 4 is 28.4 Å². The van der Waals surface area contributed by atoms with Gasteiger partial charge in [-0.2, -0.15) is 9.36 Å². The third kappa shape index (κ3) is 5.11. The molecule has 1 N–H and O–H groups in total. The Morgan fingerprint density at radius 1 is 0.964 bits per heavy atom. The van der Waals surface area contributed by atoms with Crippen molar-refractivity contribution in [3.63, 3.8) is 0 Å². The predicted octanol–water partition coefficient (Wildman–Crippen LogP) is 3.48. The average Bonchev–Trinajstić information content (AvgIpc) is 3.25. The largest absolute Gasteiger partial charge is 0.391 e. The lowest BCUT2D eigenvalue weighted by molar-refractivity contribution is 0.126. The summed E-state index contributed by atoms with van der Waals surface area (Å²) in [7, 11) is 0. The SMILES string of the molecule is OC(CSc1ccccc1)CN1CCN(c2nc(-c3ccccc3)ns2)CC1. The molecule has 1 fully saturated rings. The van der Waals surface area contributed by atoms with Crippen molar-refractivity contribution in [3.05, 3.63) is 60.7 Å². The van der Waals surface area contributed by atoms with Crippen LogP contribution in [0.25, 0.3) is 11.4 Å². The summed E-state index contributed by atoms with van der Waals surface area (Å²) in [5, 5.41) is 11.4. The second-order valence-electron chi connectivity index (χ2n) is 6.83. The second-order valence-corrected chi connectivity index (χ2v) is 8.66. The quantitative estimate of drug-likeness (QED) is 0.600. The zero-order valence-electron chi connectivity index (χ0n) is 15.6. The van der Waals surface area contributed by atoms with Crippen LogP contribution in [0.15, 0.2) is 65.6 Å². The van der Waals surface area contributed by atoms with Gasteiger partial charge in [-0.05, 0) is 12.1 Å². The Balaban J connectivity index is 1.24. The van der Waals surface area contributed by atoms with E-state index in [1.165, 1.54) is 16.4 Å². The maximum Gasteiger partial charge on any atom is 0.205 e. The molecule has 7 heteroatoms. The van der Waals surface area contributed by atoms with E-state index in [9.17, 15) is 5.11 Å². The van der Waals surface area contributed by atoms with E-state index < -0.39 is 0 Å². The maximum atomic E-state index is 10.4. The van der Waals surface area contributed by atoms with E-state index >= 15 is 0 Å². The van der Waals surface area contributed by atoms with Gasteiger partial charge in [0.2, 0.25) is 5.13 Å². The first-order chi connectivity index (χ1) is 13.8. The number of hydrogen-bond donors (Lipinski definition) is 1. The zero-order chi connectivity index (χ0) is 19.2. The first-order valence-corrected chi connectivity index (χ1v) is 11.3. The van der Waals surface area contributed by atoms with Crippen molar-refractivity contribution < 1.29 is 5.11 Å². The van der Waals surface area contributed by atoms with Crippen molar-refractivity contribution in [1.29, 1.82) is 0 Å². The fourth-order valence-corrected chi connectivity index (χ4v) is 4.81. The fourth-order valence-electron chi connectivity index (χ4n) is 3.23. The van der Waals surface area contributed by atoms with E-state index in [2.05, 4.69) is 26.3 Å². The number of aromatic nitrogens is 2. The molecule has 1 unspecified atom stereocenters. The van der Waals surface area contributed by atoms with Gasteiger partial charge >= 0.3 is 0 Å². The van der Waals surface area contributed by atoms with Crippen molar-refractivity contribution in [2.24, 2.45) is 0 Å². The lowest BCUT2D eigenvalue weighted by Crippen LogP contribution is -2.48. The van der Waals surface area contributed by atoms with Gasteiger partial charge in [-0.15, -0.1) is 11.8 Å². The lowest BCUT2D eigenvalue weighted by atomic mass is 10.2. The highest BCUT2D eigenvalue weighted by Crippen LogP contribution is 2.25. The van der Waals surface area contributed by atoms with Crippen molar-refractivity contribution in [2.45, 2.75) is 11.0 Å². The van der Waals surface area contributed by atoms with E-state index in [1.54, 1.807) is 11.8 Å².